The molecule has 0 amide bonds. The van der Waals surface area contributed by atoms with Gasteiger partial charge in [0.15, 0.2) is 5.11 Å². The van der Waals surface area contributed by atoms with E-state index in [1.54, 1.807) is 0 Å². The van der Waals surface area contributed by atoms with Gasteiger partial charge in [0.25, 0.3) is 0 Å². The lowest BCUT2D eigenvalue weighted by Crippen LogP contribution is -2.28. The number of thiocarbonyl (C=S) groups is 1. The van der Waals surface area contributed by atoms with E-state index in [1.807, 2.05) is 26.2 Å². The number of benzene rings is 2. The van der Waals surface area contributed by atoms with Crippen LogP contribution in [0.5, 0.6) is 0 Å². The highest BCUT2D eigenvalue weighted by atomic mass is 32.1. The molecule has 0 unspecified atom stereocenters. The van der Waals surface area contributed by atoms with E-state index >= 15 is 0 Å². The molecule has 4 heteroatoms. The topological polar surface area (TPSA) is 27.3 Å². The van der Waals surface area contributed by atoms with Crippen molar-refractivity contribution in [2.75, 3.05) is 30.9 Å². The Balaban J connectivity index is 1.94. The summed E-state index contributed by atoms with van der Waals surface area (Å²) in [6.45, 7) is 3.00. The van der Waals surface area contributed by atoms with Gasteiger partial charge in [0.05, 0.1) is 0 Å². The number of rotatable bonds is 6. The summed E-state index contributed by atoms with van der Waals surface area (Å²) in [7, 11) is 4.09. The Morgan fingerprint density at radius 2 is 1.50 bits per heavy atom. The molecule has 0 aliphatic carbocycles. The summed E-state index contributed by atoms with van der Waals surface area (Å²) in [5.74, 6) is 0. The van der Waals surface area contributed by atoms with Crippen LogP contribution >= 0.6 is 12.2 Å². The average Bonchev–Trinajstić information content (AvgIpc) is 2.59. The lowest BCUT2D eigenvalue weighted by atomic mass is 10.1. The summed E-state index contributed by atoms with van der Waals surface area (Å²) in [5.41, 5.74) is 4.55. The maximum absolute atomic E-state index is 5.24. The van der Waals surface area contributed by atoms with Crippen LogP contribution in [-0.2, 0) is 0 Å². The highest BCUT2D eigenvalue weighted by molar-refractivity contribution is 7.80. The third-order valence-electron chi connectivity index (χ3n) is 3.58. The summed E-state index contributed by atoms with van der Waals surface area (Å²) in [6, 6.07) is 16.7. The van der Waals surface area contributed by atoms with Crippen LogP contribution in [0.4, 0.5) is 11.4 Å². The van der Waals surface area contributed by atoms with E-state index in [2.05, 4.69) is 71.0 Å². The predicted molar refractivity (Wildman–Crippen MR) is 111 cm³/mol. The van der Waals surface area contributed by atoms with Crippen molar-refractivity contribution >= 4 is 40.9 Å². The SMILES string of the molecule is CCCNC(=S)Nc1ccc(C=Cc2ccc(N(C)C)cc2)cc1. The Morgan fingerprint density at radius 3 is 2.00 bits per heavy atom. The van der Waals surface area contributed by atoms with Crippen LogP contribution < -0.4 is 15.5 Å². The van der Waals surface area contributed by atoms with Gasteiger partial charge in [0.2, 0.25) is 0 Å². The molecule has 2 N–H and O–H groups in total. The van der Waals surface area contributed by atoms with Crippen LogP contribution in [-0.4, -0.2) is 25.8 Å². The maximum Gasteiger partial charge on any atom is 0.170 e. The van der Waals surface area contributed by atoms with Gasteiger partial charge in [-0.1, -0.05) is 43.3 Å². The fourth-order valence-corrected chi connectivity index (χ4v) is 2.39. The van der Waals surface area contributed by atoms with Crippen LogP contribution in [0.15, 0.2) is 48.5 Å². The van der Waals surface area contributed by atoms with E-state index < -0.39 is 0 Å². The van der Waals surface area contributed by atoms with Crippen LogP contribution in [0.25, 0.3) is 12.2 Å². The van der Waals surface area contributed by atoms with Gasteiger partial charge in [-0.15, -0.1) is 0 Å². The normalized spacial score (nSPS) is 10.6. The number of nitrogens with zero attached hydrogens (tertiary/aromatic N) is 1. The quantitative estimate of drug-likeness (QED) is 0.593. The first-order valence-corrected chi connectivity index (χ1v) is 8.59. The number of hydrogen-bond donors (Lipinski definition) is 2. The predicted octanol–water partition coefficient (Wildman–Crippen LogP) is 4.62. The zero-order valence-electron chi connectivity index (χ0n) is 14.5. The average molecular weight is 340 g/mol. The Labute approximate surface area is 150 Å². The van der Waals surface area contributed by atoms with Gasteiger partial charge in [-0.25, -0.2) is 0 Å². The first-order chi connectivity index (χ1) is 11.6. The number of anilines is 2. The van der Waals surface area contributed by atoms with Crippen LogP contribution in [0.3, 0.4) is 0 Å². The third kappa shape index (κ3) is 5.70. The molecule has 0 saturated carbocycles. The van der Waals surface area contributed by atoms with Gasteiger partial charge in [-0.05, 0) is 54.0 Å². The van der Waals surface area contributed by atoms with Crippen molar-refractivity contribution in [3.05, 3.63) is 59.7 Å². The first-order valence-electron chi connectivity index (χ1n) is 8.19. The molecule has 3 nitrogen and oxygen atoms in total. The molecule has 0 bridgehead atoms. The Kier molecular flexibility index (Phi) is 6.82. The van der Waals surface area contributed by atoms with Crippen LogP contribution in [0.2, 0.25) is 0 Å². The van der Waals surface area contributed by atoms with Gasteiger partial charge in [-0.3, -0.25) is 0 Å². The van der Waals surface area contributed by atoms with Gasteiger partial charge < -0.3 is 15.5 Å². The molecule has 2 rings (SSSR count). The zero-order valence-corrected chi connectivity index (χ0v) is 15.4. The largest absolute Gasteiger partial charge is 0.378 e. The second-order valence-corrected chi connectivity index (χ2v) is 6.23. The lowest BCUT2D eigenvalue weighted by molar-refractivity contribution is 0.846. The molecule has 0 spiro atoms. The van der Waals surface area contributed by atoms with Crippen molar-refractivity contribution in [2.24, 2.45) is 0 Å². The molecule has 126 valence electrons. The Bertz CT molecular complexity index is 673. The molecule has 24 heavy (non-hydrogen) atoms. The standard InChI is InChI=1S/C20H25N3S/c1-4-15-21-20(24)22-18-11-7-16(8-12-18)5-6-17-9-13-19(14-10-17)23(2)3/h5-14H,4,15H2,1-3H3,(H2,21,22,24). The van der Waals surface area contributed by atoms with Crippen molar-refractivity contribution in [1.82, 2.24) is 5.32 Å². The molecule has 0 aliphatic rings. The summed E-state index contributed by atoms with van der Waals surface area (Å²) in [6.07, 6.45) is 5.29. The second kappa shape index (κ2) is 9.08. The Morgan fingerprint density at radius 1 is 0.958 bits per heavy atom. The van der Waals surface area contributed by atoms with Crippen molar-refractivity contribution in [3.63, 3.8) is 0 Å². The van der Waals surface area contributed by atoms with Crippen molar-refractivity contribution in [2.45, 2.75) is 13.3 Å². The summed E-state index contributed by atoms with van der Waals surface area (Å²) in [4.78, 5) is 2.10. The molecule has 2 aromatic carbocycles. The minimum Gasteiger partial charge on any atom is -0.378 e. The van der Waals surface area contributed by atoms with Gasteiger partial charge in [0, 0.05) is 32.0 Å². The van der Waals surface area contributed by atoms with Crippen LogP contribution in [0.1, 0.15) is 24.5 Å². The van der Waals surface area contributed by atoms with Crippen molar-refractivity contribution < 1.29 is 0 Å². The molecular weight excluding hydrogens is 314 g/mol. The van der Waals surface area contributed by atoms with Gasteiger partial charge in [0.1, 0.15) is 0 Å². The minimum atomic E-state index is 0.668. The lowest BCUT2D eigenvalue weighted by Gasteiger charge is -2.11. The fourth-order valence-electron chi connectivity index (χ4n) is 2.17. The minimum absolute atomic E-state index is 0.668. The van der Waals surface area contributed by atoms with Gasteiger partial charge >= 0.3 is 0 Å². The zero-order chi connectivity index (χ0) is 17.4. The van der Waals surface area contributed by atoms with E-state index in [4.69, 9.17) is 12.2 Å². The van der Waals surface area contributed by atoms with E-state index in [0.29, 0.717) is 5.11 Å². The van der Waals surface area contributed by atoms with Crippen molar-refractivity contribution in [3.8, 4) is 0 Å². The first kappa shape index (κ1) is 18.0. The molecule has 0 aliphatic heterocycles. The van der Waals surface area contributed by atoms with E-state index in [1.165, 1.54) is 11.3 Å². The van der Waals surface area contributed by atoms with E-state index in [-0.39, 0.29) is 0 Å². The maximum atomic E-state index is 5.24. The highest BCUT2D eigenvalue weighted by Gasteiger charge is 1.97. The molecule has 0 fully saturated rings. The van der Waals surface area contributed by atoms with Gasteiger partial charge in [-0.2, -0.15) is 0 Å². The van der Waals surface area contributed by atoms with Crippen LogP contribution in [0, 0.1) is 0 Å². The summed E-state index contributed by atoms with van der Waals surface area (Å²) < 4.78 is 0. The third-order valence-corrected chi connectivity index (χ3v) is 3.83. The molecule has 0 heterocycles. The van der Waals surface area contributed by atoms with E-state index in [0.717, 1.165) is 24.2 Å². The molecular formula is C20H25N3S. The molecule has 0 saturated heterocycles. The Hall–Kier alpha value is -2.33. The fraction of sp³-hybridized carbons (Fsp3) is 0.250. The number of nitrogens with one attached hydrogen (secondary N) is 2. The molecule has 0 aromatic heterocycles. The molecule has 0 atom stereocenters. The number of hydrogen-bond acceptors (Lipinski definition) is 2. The molecule has 2 aromatic rings. The monoisotopic (exact) mass is 339 g/mol. The van der Waals surface area contributed by atoms with Crippen molar-refractivity contribution in [1.29, 1.82) is 0 Å². The summed E-state index contributed by atoms with van der Waals surface area (Å²) in [5, 5.41) is 7.01. The summed E-state index contributed by atoms with van der Waals surface area (Å²) >= 11 is 5.24. The smallest absolute Gasteiger partial charge is 0.170 e. The second-order valence-electron chi connectivity index (χ2n) is 5.82. The highest BCUT2D eigenvalue weighted by Crippen LogP contribution is 2.16. The molecule has 0 radical (unpaired) electrons. The van der Waals surface area contributed by atoms with E-state index in [9.17, 15) is 0 Å².